The molecule has 4 unspecified atom stereocenters. The average molecular weight is 390 g/mol. The lowest BCUT2D eigenvalue weighted by Crippen LogP contribution is -2.44. The molecule has 2 aliphatic carbocycles. The zero-order valence-electron chi connectivity index (χ0n) is 16.5. The van der Waals surface area contributed by atoms with Crippen LogP contribution in [0.25, 0.3) is 0 Å². The van der Waals surface area contributed by atoms with Gasteiger partial charge in [-0.3, -0.25) is 5.43 Å². The molecule has 28 heavy (non-hydrogen) atoms. The Hall–Kier alpha value is -1.32. The van der Waals surface area contributed by atoms with Gasteiger partial charge in [-0.15, -0.1) is 0 Å². The first-order valence-corrected chi connectivity index (χ1v) is 10.6. The molecule has 2 aliphatic heterocycles. The first kappa shape index (κ1) is 18.7. The van der Waals surface area contributed by atoms with Crippen LogP contribution in [0.5, 0.6) is 0 Å². The molecule has 1 aromatic heterocycles. The fraction of sp³-hybridized carbons (Fsp3) is 0.800. The van der Waals surface area contributed by atoms with Crippen LogP contribution < -0.4 is 15.8 Å². The zero-order chi connectivity index (χ0) is 19.1. The highest BCUT2D eigenvalue weighted by atomic mass is 16.5. The van der Waals surface area contributed by atoms with Gasteiger partial charge in [0.05, 0.1) is 42.8 Å². The van der Waals surface area contributed by atoms with Gasteiger partial charge in [0.1, 0.15) is 12.1 Å². The van der Waals surface area contributed by atoms with Crippen molar-refractivity contribution < 1.29 is 14.6 Å². The topological polar surface area (TPSA) is 91.8 Å². The summed E-state index contributed by atoms with van der Waals surface area (Å²) in [6.45, 7) is 4.32. The number of nitrogens with one attached hydrogen (secondary N) is 2. The highest BCUT2D eigenvalue weighted by Gasteiger charge is 2.46. The molecule has 0 radical (unpaired) electrons. The smallest absolute Gasteiger partial charge is 0.132 e. The van der Waals surface area contributed by atoms with E-state index in [1.54, 1.807) is 6.33 Å². The standard InChI is InChI=1S/C20H31N5O3/c1-20(4-5-20)28-13-2-3-16-15(8-13)19(24-23-16)17-9-18(22-12-21-17)25-6-7-27-14(10-25)11-26/h9,12-16,19,23-24,26H,2-8,10-11H2,1H3/t13?,14-,15?,16?,19?/m0/s1. The van der Waals surface area contributed by atoms with E-state index in [4.69, 9.17) is 9.47 Å². The Balaban J connectivity index is 1.30. The van der Waals surface area contributed by atoms with Crippen LogP contribution in [0.4, 0.5) is 5.82 Å². The minimum Gasteiger partial charge on any atom is -0.394 e. The molecule has 0 bridgehead atoms. The lowest BCUT2D eigenvalue weighted by Gasteiger charge is -2.35. The van der Waals surface area contributed by atoms with Gasteiger partial charge in [-0.2, -0.15) is 0 Å². The Morgan fingerprint density at radius 1 is 1.32 bits per heavy atom. The third kappa shape index (κ3) is 3.76. The van der Waals surface area contributed by atoms with Crippen molar-refractivity contribution in [3.63, 3.8) is 0 Å². The number of ether oxygens (including phenoxy) is 2. The zero-order valence-corrected chi connectivity index (χ0v) is 16.5. The molecule has 8 heteroatoms. The molecule has 4 aliphatic rings. The van der Waals surface area contributed by atoms with Crippen molar-refractivity contribution in [1.29, 1.82) is 0 Å². The Labute approximate surface area is 166 Å². The molecule has 1 aromatic rings. The summed E-state index contributed by atoms with van der Waals surface area (Å²) in [5.74, 6) is 1.38. The second kappa shape index (κ2) is 7.50. The third-order valence-electron chi connectivity index (χ3n) is 6.77. The summed E-state index contributed by atoms with van der Waals surface area (Å²) in [4.78, 5) is 11.3. The molecule has 154 valence electrons. The summed E-state index contributed by atoms with van der Waals surface area (Å²) in [6.07, 6.45) is 7.58. The summed E-state index contributed by atoms with van der Waals surface area (Å²) in [7, 11) is 0. The van der Waals surface area contributed by atoms with Gasteiger partial charge in [0, 0.05) is 31.1 Å². The van der Waals surface area contributed by atoms with Gasteiger partial charge >= 0.3 is 0 Å². The molecule has 0 amide bonds. The molecule has 2 saturated heterocycles. The Morgan fingerprint density at radius 3 is 3.04 bits per heavy atom. The quantitative estimate of drug-likeness (QED) is 0.685. The van der Waals surface area contributed by atoms with Crippen LogP contribution in [-0.2, 0) is 9.47 Å². The molecule has 0 spiro atoms. The van der Waals surface area contributed by atoms with Crippen molar-refractivity contribution in [3.8, 4) is 0 Å². The average Bonchev–Trinajstić information content (AvgIpc) is 3.30. The van der Waals surface area contributed by atoms with Gasteiger partial charge < -0.3 is 19.5 Å². The van der Waals surface area contributed by atoms with Crippen LogP contribution in [0.15, 0.2) is 12.4 Å². The van der Waals surface area contributed by atoms with Crippen LogP contribution in [0.2, 0.25) is 0 Å². The van der Waals surface area contributed by atoms with E-state index < -0.39 is 0 Å². The number of hydrogen-bond donors (Lipinski definition) is 3. The predicted molar refractivity (Wildman–Crippen MR) is 104 cm³/mol. The number of fused-ring (bicyclic) bond motifs is 1. The number of hydrogen-bond acceptors (Lipinski definition) is 8. The van der Waals surface area contributed by atoms with Gasteiger partial charge in [0.2, 0.25) is 0 Å². The summed E-state index contributed by atoms with van der Waals surface area (Å²) in [5.41, 5.74) is 8.13. The molecule has 4 fully saturated rings. The number of aliphatic hydroxyl groups excluding tert-OH is 1. The Morgan fingerprint density at radius 2 is 2.21 bits per heavy atom. The molecular formula is C20H31N5O3. The molecule has 5 rings (SSSR count). The number of morpholine rings is 1. The monoisotopic (exact) mass is 389 g/mol. The van der Waals surface area contributed by atoms with E-state index in [1.165, 1.54) is 12.8 Å². The maximum absolute atomic E-state index is 9.41. The molecule has 2 saturated carbocycles. The van der Waals surface area contributed by atoms with Crippen LogP contribution in [-0.4, -0.2) is 65.2 Å². The second-order valence-electron chi connectivity index (χ2n) is 8.96. The Kier molecular flexibility index (Phi) is 5.00. The van der Waals surface area contributed by atoms with Crippen LogP contribution >= 0.6 is 0 Å². The number of rotatable bonds is 5. The van der Waals surface area contributed by atoms with E-state index in [2.05, 4.69) is 38.7 Å². The molecule has 3 heterocycles. The van der Waals surface area contributed by atoms with E-state index in [-0.39, 0.29) is 24.4 Å². The normalized spacial score (nSPS) is 36.9. The molecule has 0 aromatic carbocycles. The summed E-state index contributed by atoms with van der Waals surface area (Å²) >= 11 is 0. The first-order chi connectivity index (χ1) is 13.6. The summed E-state index contributed by atoms with van der Waals surface area (Å²) in [6, 6.07) is 2.73. The van der Waals surface area contributed by atoms with Crippen molar-refractivity contribution >= 4 is 5.82 Å². The van der Waals surface area contributed by atoms with E-state index in [9.17, 15) is 5.11 Å². The fourth-order valence-corrected chi connectivity index (χ4v) is 4.86. The highest BCUT2D eigenvalue weighted by Crippen LogP contribution is 2.45. The van der Waals surface area contributed by atoms with Crippen LogP contribution in [0.1, 0.15) is 50.8 Å². The predicted octanol–water partition coefficient (Wildman–Crippen LogP) is 0.929. The largest absolute Gasteiger partial charge is 0.394 e. The van der Waals surface area contributed by atoms with Crippen molar-refractivity contribution in [2.45, 2.75) is 68.9 Å². The summed E-state index contributed by atoms with van der Waals surface area (Å²) in [5, 5.41) is 9.41. The van der Waals surface area contributed by atoms with Gasteiger partial charge in [-0.25, -0.2) is 15.4 Å². The van der Waals surface area contributed by atoms with Crippen molar-refractivity contribution in [1.82, 2.24) is 20.8 Å². The molecule has 8 nitrogen and oxygen atoms in total. The van der Waals surface area contributed by atoms with E-state index >= 15 is 0 Å². The number of anilines is 1. The first-order valence-electron chi connectivity index (χ1n) is 10.6. The van der Waals surface area contributed by atoms with Crippen LogP contribution in [0.3, 0.4) is 0 Å². The lowest BCUT2D eigenvalue weighted by atomic mass is 9.79. The maximum Gasteiger partial charge on any atom is 0.132 e. The van der Waals surface area contributed by atoms with Gasteiger partial charge in [0.25, 0.3) is 0 Å². The Bertz CT molecular complexity index is 700. The SMILES string of the molecule is CC1(OC2CCC3NNC(c4cc(N5CCO[C@H](CO)C5)ncn4)C3C2)CC1. The minimum atomic E-state index is -0.150. The molecular weight excluding hydrogens is 358 g/mol. The molecule has 5 atom stereocenters. The fourth-order valence-electron chi connectivity index (χ4n) is 4.86. The number of hydrazine groups is 1. The highest BCUT2D eigenvalue weighted by molar-refractivity contribution is 5.40. The van der Waals surface area contributed by atoms with E-state index in [0.717, 1.165) is 37.3 Å². The third-order valence-corrected chi connectivity index (χ3v) is 6.77. The van der Waals surface area contributed by atoms with Gasteiger partial charge in [0.15, 0.2) is 0 Å². The minimum absolute atomic E-state index is 0.0343. The van der Waals surface area contributed by atoms with Crippen LogP contribution in [0, 0.1) is 5.92 Å². The van der Waals surface area contributed by atoms with Crippen molar-refractivity contribution in [2.75, 3.05) is 31.2 Å². The number of nitrogens with zero attached hydrogens (tertiary/aromatic N) is 3. The second-order valence-corrected chi connectivity index (χ2v) is 8.96. The van der Waals surface area contributed by atoms with Crippen molar-refractivity contribution in [2.24, 2.45) is 5.92 Å². The van der Waals surface area contributed by atoms with Gasteiger partial charge in [-0.05, 0) is 39.0 Å². The lowest BCUT2D eigenvalue weighted by molar-refractivity contribution is -0.0500. The van der Waals surface area contributed by atoms with Gasteiger partial charge in [-0.1, -0.05) is 0 Å². The summed E-state index contributed by atoms with van der Waals surface area (Å²) < 4.78 is 12.0. The van der Waals surface area contributed by atoms with E-state index in [0.29, 0.717) is 31.2 Å². The number of aromatic nitrogens is 2. The van der Waals surface area contributed by atoms with E-state index in [1.807, 2.05) is 0 Å². The van der Waals surface area contributed by atoms with Crippen molar-refractivity contribution in [3.05, 3.63) is 18.1 Å². The maximum atomic E-state index is 9.41. The molecule has 3 N–H and O–H groups in total. The number of aliphatic hydroxyl groups is 1.